The summed E-state index contributed by atoms with van der Waals surface area (Å²) in [6.07, 6.45) is 2.83. The molecule has 5 heteroatoms. The summed E-state index contributed by atoms with van der Waals surface area (Å²) < 4.78 is 6.88. The van der Waals surface area contributed by atoms with Crippen LogP contribution in [0.5, 0.6) is 0 Å². The van der Waals surface area contributed by atoms with Crippen molar-refractivity contribution in [2.24, 2.45) is 0 Å². The first-order valence-corrected chi connectivity index (χ1v) is 4.77. The third-order valence-corrected chi connectivity index (χ3v) is 1.97. The van der Waals surface area contributed by atoms with Gasteiger partial charge in [-0.15, -0.1) is 16.7 Å². The summed E-state index contributed by atoms with van der Waals surface area (Å²) in [7, 11) is 1.68. The van der Waals surface area contributed by atoms with Crippen LogP contribution in [0.1, 0.15) is 12.6 Å². The summed E-state index contributed by atoms with van der Waals surface area (Å²) >= 11 is 5.58. The summed E-state index contributed by atoms with van der Waals surface area (Å²) in [5.74, 6) is 0.582. The van der Waals surface area contributed by atoms with E-state index in [1.165, 1.54) is 0 Å². The maximum Gasteiger partial charge on any atom is 0.0839 e. The molecular formula is C8H14ClN3O. The monoisotopic (exact) mass is 203 g/mol. The first kappa shape index (κ1) is 10.5. The molecule has 1 heterocycles. The van der Waals surface area contributed by atoms with Gasteiger partial charge in [0.25, 0.3) is 0 Å². The van der Waals surface area contributed by atoms with Crippen molar-refractivity contribution in [3.63, 3.8) is 0 Å². The van der Waals surface area contributed by atoms with Gasteiger partial charge in [-0.2, -0.15) is 0 Å². The quantitative estimate of drug-likeness (QED) is 0.673. The molecule has 1 atom stereocenters. The van der Waals surface area contributed by atoms with Crippen molar-refractivity contribution in [1.29, 1.82) is 0 Å². The Morgan fingerprint density at radius 3 is 3.08 bits per heavy atom. The molecule has 4 nitrogen and oxygen atoms in total. The van der Waals surface area contributed by atoms with E-state index in [4.69, 9.17) is 16.3 Å². The molecule has 1 unspecified atom stereocenters. The number of ether oxygens (including phenoxy) is 1. The minimum Gasteiger partial charge on any atom is -0.380 e. The second kappa shape index (κ2) is 5.19. The zero-order valence-electron chi connectivity index (χ0n) is 7.90. The lowest BCUT2D eigenvalue weighted by Gasteiger charge is -2.07. The van der Waals surface area contributed by atoms with Crippen LogP contribution in [-0.4, -0.2) is 34.1 Å². The van der Waals surface area contributed by atoms with Gasteiger partial charge in [-0.05, 0) is 6.92 Å². The third kappa shape index (κ3) is 3.32. The van der Waals surface area contributed by atoms with Crippen molar-refractivity contribution < 1.29 is 4.74 Å². The van der Waals surface area contributed by atoms with Crippen molar-refractivity contribution in [1.82, 2.24) is 15.0 Å². The van der Waals surface area contributed by atoms with Gasteiger partial charge < -0.3 is 4.74 Å². The molecule has 1 aromatic rings. The van der Waals surface area contributed by atoms with Gasteiger partial charge in [0.2, 0.25) is 0 Å². The Balaban J connectivity index is 2.48. The molecule has 0 saturated heterocycles. The lowest BCUT2D eigenvalue weighted by molar-refractivity contribution is 0.0993. The zero-order chi connectivity index (χ0) is 9.68. The summed E-state index contributed by atoms with van der Waals surface area (Å²) in [5, 5.41) is 7.92. The van der Waals surface area contributed by atoms with E-state index in [0.717, 1.165) is 18.7 Å². The van der Waals surface area contributed by atoms with Crippen LogP contribution in [0.25, 0.3) is 0 Å². The van der Waals surface area contributed by atoms with E-state index in [1.54, 1.807) is 11.8 Å². The maximum absolute atomic E-state index is 5.58. The average molecular weight is 204 g/mol. The minimum atomic E-state index is 0.158. The molecule has 0 bridgehead atoms. The molecule has 0 N–H and O–H groups in total. The Morgan fingerprint density at radius 2 is 2.46 bits per heavy atom. The molecule has 1 rings (SSSR count). The summed E-state index contributed by atoms with van der Waals surface area (Å²) in [6.45, 7) is 2.72. The van der Waals surface area contributed by atoms with Crippen LogP contribution in [-0.2, 0) is 17.7 Å². The Bertz CT molecular complexity index is 251. The van der Waals surface area contributed by atoms with Gasteiger partial charge in [-0.1, -0.05) is 5.21 Å². The summed E-state index contributed by atoms with van der Waals surface area (Å²) in [5.41, 5.74) is 0.929. The molecule has 0 aromatic carbocycles. The standard InChI is InChI=1S/C8H14ClN3O/c1-7(13-2)5-12-6-8(3-4-9)10-11-12/h6-7H,3-5H2,1-2H3. The molecule has 0 radical (unpaired) electrons. The number of nitrogens with zero attached hydrogens (tertiary/aromatic N) is 3. The first-order valence-electron chi connectivity index (χ1n) is 4.24. The normalized spacial score (nSPS) is 13.2. The van der Waals surface area contributed by atoms with Gasteiger partial charge >= 0.3 is 0 Å². The van der Waals surface area contributed by atoms with E-state index >= 15 is 0 Å². The van der Waals surface area contributed by atoms with Crippen molar-refractivity contribution in [2.45, 2.75) is 26.0 Å². The molecule has 0 fully saturated rings. The fourth-order valence-corrected chi connectivity index (χ4v) is 1.17. The molecule has 0 aliphatic heterocycles. The Kier molecular flexibility index (Phi) is 4.18. The van der Waals surface area contributed by atoms with Gasteiger partial charge in [0.15, 0.2) is 0 Å². The van der Waals surface area contributed by atoms with Crippen LogP contribution in [0.15, 0.2) is 6.20 Å². The van der Waals surface area contributed by atoms with Crippen LogP contribution in [0.4, 0.5) is 0 Å². The fourth-order valence-electron chi connectivity index (χ4n) is 0.977. The lowest BCUT2D eigenvalue weighted by Crippen LogP contribution is -2.14. The second-order valence-electron chi connectivity index (χ2n) is 2.92. The van der Waals surface area contributed by atoms with E-state index in [0.29, 0.717) is 5.88 Å². The SMILES string of the molecule is COC(C)Cn1cc(CCCl)nn1. The van der Waals surface area contributed by atoms with E-state index in [2.05, 4.69) is 10.3 Å². The van der Waals surface area contributed by atoms with E-state index in [1.807, 2.05) is 13.1 Å². The van der Waals surface area contributed by atoms with Crippen molar-refractivity contribution in [3.05, 3.63) is 11.9 Å². The van der Waals surface area contributed by atoms with Crippen LogP contribution in [0.3, 0.4) is 0 Å². The topological polar surface area (TPSA) is 39.9 Å². The van der Waals surface area contributed by atoms with Gasteiger partial charge in [0, 0.05) is 25.6 Å². The van der Waals surface area contributed by atoms with Crippen molar-refractivity contribution >= 4 is 11.6 Å². The number of halogens is 1. The first-order chi connectivity index (χ1) is 6.26. The van der Waals surface area contributed by atoms with E-state index in [-0.39, 0.29) is 6.10 Å². The van der Waals surface area contributed by atoms with Gasteiger partial charge in [-0.3, -0.25) is 0 Å². The molecule has 0 saturated carbocycles. The van der Waals surface area contributed by atoms with Crippen molar-refractivity contribution in [2.75, 3.05) is 13.0 Å². The third-order valence-electron chi connectivity index (χ3n) is 1.78. The highest BCUT2D eigenvalue weighted by Crippen LogP contribution is 1.98. The Morgan fingerprint density at radius 1 is 1.69 bits per heavy atom. The Hall–Kier alpha value is -0.610. The number of hydrogen-bond acceptors (Lipinski definition) is 3. The predicted molar refractivity (Wildman–Crippen MR) is 50.9 cm³/mol. The minimum absolute atomic E-state index is 0.158. The zero-order valence-corrected chi connectivity index (χ0v) is 8.66. The van der Waals surface area contributed by atoms with E-state index in [9.17, 15) is 0 Å². The fraction of sp³-hybridized carbons (Fsp3) is 0.750. The average Bonchev–Trinajstić information content (AvgIpc) is 2.53. The maximum atomic E-state index is 5.58. The van der Waals surface area contributed by atoms with Crippen molar-refractivity contribution in [3.8, 4) is 0 Å². The van der Waals surface area contributed by atoms with E-state index < -0.39 is 0 Å². The van der Waals surface area contributed by atoms with Crippen LogP contribution >= 0.6 is 11.6 Å². The second-order valence-corrected chi connectivity index (χ2v) is 3.30. The van der Waals surface area contributed by atoms with Crippen LogP contribution in [0.2, 0.25) is 0 Å². The van der Waals surface area contributed by atoms with Gasteiger partial charge in [-0.25, -0.2) is 4.68 Å². The highest BCUT2D eigenvalue weighted by molar-refractivity contribution is 6.17. The van der Waals surface area contributed by atoms with Crippen LogP contribution in [0, 0.1) is 0 Å². The van der Waals surface area contributed by atoms with Gasteiger partial charge in [0.1, 0.15) is 0 Å². The molecule has 0 spiro atoms. The number of hydrogen-bond donors (Lipinski definition) is 0. The molecule has 0 aliphatic rings. The summed E-state index contributed by atoms with van der Waals surface area (Å²) in [6, 6.07) is 0. The molecule has 0 amide bonds. The highest BCUT2D eigenvalue weighted by atomic mass is 35.5. The lowest BCUT2D eigenvalue weighted by atomic mass is 10.3. The number of aromatic nitrogens is 3. The predicted octanol–water partition coefficient (Wildman–Crippen LogP) is 1.09. The molecular weight excluding hydrogens is 190 g/mol. The molecule has 0 aliphatic carbocycles. The summed E-state index contributed by atoms with van der Waals surface area (Å²) in [4.78, 5) is 0. The number of aryl methyl sites for hydroxylation is 1. The largest absolute Gasteiger partial charge is 0.380 e. The molecule has 13 heavy (non-hydrogen) atoms. The number of alkyl halides is 1. The number of rotatable bonds is 5. The highest BCUT2D eigenvalue weighted by Gasteiger charge is 2.03. The number of methoxy groups -OCH3 is 1. The Labute approximate surface area is 82.8 Å². The molecule has 1 aromatic heterocycles. The smallest absolute Gasteiger partial charge is 0.0839 e. The van der Waals surface area contributed by atoms with Crippen LogP contribution < -0.4 is 0 Å². The van der Waals surface area contributed by atoms with Gasteiger partial charge in [0.05, 0.1) is 18.3 Å². The molecule has 74 valence electrons.